The summed E-state index contributed by atoms with van der Waals surface area (Å²) in [4.78, 5) is 58.8. The zero-order chi connectivity index (χ0) is 25.8. The molecule has 5 heterocycles. The normalized spacial score (nSPS) is 19.3. The number of amides is 1. The van der Waals surface area contributed by atoms with Gasteiger partial charge in [0.05, 0.1) is 6.33 Å². The molecule has 2 aliphatic rings. The number of anilines is 2. The maximum atomic E-state index is 13.1. The summed E-state index contributed by atoms with van der Waals surface area (Å²) in [7, 11) is 1.57. The Morgan fingerprint density at radius 2 is 1.92 bits per heavy atom. The average Bonchev–Trinajstić information content (AvgIpc) is 3.30. The Morgan fingerprint density at radius 3 is 2.62 bits per heavy atom. The highest BCUT2D eigenvalue weighted by atomic mass is 32.1. The summed E-state index contributed by atoms with van der Waals surface area (Å²) in [5.41, 5.74) is 0.356. The van der Waals surface area contributed by atoms with Gasteiger partial charge in [-0.1, -0.05) is 6.92 Å². The van der Waals surface area contributed by atoms with Gasteiger partial charge >= 0.3 is 5.69 Å². The van der Waals surface area contributed by atoms with Crippen LogP contribution in [-0.4, -0.2) is 52.6 Å². The molecule has 2 fully saturated rings. The van der Waals surface area contributed by atoms with Gasteiger partial charge in [0.25, 0.3) is 5.56 Å². The van der Waals surface area contributed by atoms with E-state index in [0.29, 0.717) is 23.8 Å². The van der Waals surface area contributed by atoms with E-state index in [1.807, 2.05) is 6.92 Å². The van der Waals surface area contributed by atoms with Gasteiger partial charge in [-0.2, -0.15) is 0 Å². The fraction of sp³-hybridized carbons (Fsp3) is 0.458. The van der Waals surface area contributed by atoms with E-state index in [2.05, 4.69) is 30.2 Å². The molecule has 3 atom stereocenters. The number of hydrogen-bond acceptors (Lipinski definition) is 9. The molecule has 4 aromatic rings. The Labute approximate surface area is 215 Å². The second-order valence-electron chi connectivity index (χ2n) is 9.76. The van der Waals surface area contributed by atoms with Crippen molar-refractivity contribution < 1.29 is 4.79 Å². The number of nitrogens with one attached hydrogen (secondary N) is 1. The van der Waals surface area contributed by atoms with Crippen molar-refractivity contribution in [1.29, 1.82) is 0 Å². The maximum Gasteiger partial charge on any atom is 0.332 e. The Kier molecular flexibility index (Phi) is 5.66. The highest BCUT2D eigenvalue weighted by Gasteiger charge is 2.45. The topological polar surface area (TPSA) is 133 Å². The van der Waals surface area contributed by atoms with Crippen molar-refractivity contribution in [2.75, 3.05) is 23.3 Å². The van der Waals surface area contributed by atoms with Gasteiger partial charge in [-0.3, -0.25) is 18.7 Å². The lowest BCUT2D eigenvalue weighted by Crippen LogP contribution is -2.40. The van der Waals surface area contributed by atoms with Gasteiger partial charge in [-0.05, 0) is 31.6 Å². The van der Waals surface area contributed by atoms with Crippen LogP contribution in [-0.2, 0) is 18.4 Å². The number of nitrogens with zero attached hydrogens (tertiary/aromatic N) is 8. The van der Waals surface area contributed by atoms with Crippen LogP contribution in [0, 0.1) is 11.8 Å². The monoisotopic (exact) mass is 521 g/mol. The van der Waals surface area contributed by atoms with Crippen molar-refractivity contribution in [3.05, 3.63) is 44.9 Å². The molecule has 2 unspecified atom stereocenters. The summed E-state index contributed by atoms with van der Waals surface area (Å²) >= 11 is 1.39. The Bertz CT molecular complexity index is 1610. The Balaban J connectivity index is 1.20. The number of fused-ring (bicyclic) bond motifs is 2. The molecule has 0 radical (unpaired) electrons. The summed E-state index contributed by atoms with van der Waals surface area (Å²) in [5.74, 6) is 2.41. The molecule has 1 saturated carbocycles. The summed E-state index contributed by atoms with van der Waals surface area (Å²) in [6.45, 7) is 5.92. The molecule has 0 bridgehead atoms. The predicted octanol–water partition coefficient (Wildman–Crippen LogP) is 1.88. The first-order valence-corrected chi connectivity index (χ1v) is 13.2. The third kappa shape index (κ3) is 4.02. The molecule has 0 spiro atoms. The third-order valence-corrected chi connectivity index (χ3v) is 8.10. The minimum absolute atomic E-state index is 0.213. The molecule has 0 aromatic carbocycles. The van der Waals surface area contributed by atoms with Crippen LogP contribution >= 0.6 is 11.3 Å². The van der Waals surface area contributed by atoms with Crippen molar-refractivity contribution in [3.63, 3.8) is 0 Å². The molecule has 192 valence electrons. The highest BCUT2D eigenvalue weighted by molar-refractivity contribution is 7.13. The summed E-state index contributed by atoms with van der Waals surface area (Å²) in [5, 5.41) is 5.28. The van der Waals surface area contributed by atoms with Crippen molar-refractivity contribution >= 4 is 40.2 Å². The van der Waals surface area contributed by atoms with Crippen molar-refractivity contribution in [1.82, 2.24) is 33.6 Å². The first-order valence-electron chi connectivity index (χ1n) is 12.4. The first-order chi connectivity index (χ1) is 17.9. The summed E-state index contributed by atoms with van der Waals surface area (Å²) < 4.78 is 4.01. The molecule has 13 heteroatoms. The number of imidazole rings is 1. The van der Waals surface area contributed by atoms with E-state index in [1.54, 1.807) is 31.7 Å². The maximum absolute atomic E-state index is 13.1. The number of thiazole rings is 1. The zero-order valence-corrected chi connectivity index (χ0v) is 21.6. The quantitative estimate of drug-likeness (QED) is 0.390. The number of rotatable bonds is 7. The van der Waals surface area contributed by atoms with Crippen LogP contribution in [0.3, 0.4) is 0 Å². The second kappa shape index (κ2) is 8.91. The van der Waals surface area contributed by atoms with Crippen molar-refractivity contribution in [2.45, 2.75) is 39.3 Å². The van der Waals surface area contributed by atoms with Crippen LogP contribution in [0.4, 0.5) is 11.8 Å². The Morgan fingerprint density at radius 1 is 1.19 bits per heavy atom. The lowest BCUT2D eigenvalue weighted by Gasteiger charge is -2.17. The van der Waals surface area contributed by atoms with Crippen LogP contribution in [0.5, 0.6) is 0 Å². The molecule has 37 heavy (non-hydrogen) atoms. The van der Waals surface area contributed by atoms with Gasteiger partial charge < -0.3 is 14.8 Å². The molecule has 12 nitrogen and oxygen atoms in total. The van der Waals surface area contributed by atoms with Gasteiger partial charge in [0, 0.05) is 50.0 Å². The fourth-order valence-corrected chi connectivity index (χ4v) is 5.71. The molecule has 6 rings (SSSR count). The Hall–Kier alpha value is -3.87. The molecule has 1 amide bonds. The summed E-state index contributed by atoms with van der Waals surface area (Å²) in [6, 6.07) is -0.760. The molecule has 1 saturated heterocycles. The number of hydrogen-bond donors (Lipinski definition) is 1. The molecule has 1 aliphatic heterocycles. The van der Waals surface area contributed by atoms with Gasteiger partial charge in [0.15, 0.2) is 11.2 Å². The fourth-order valence-electron chi connectivity index (χ4n) is 4.98. The largest absolute Gasteiger partial charge is 0.340 e. The van der Waals surface area contributed by atoms with Gasteiger partial charge in [0.2, 0.25) is 11.9 Å². The first kappa shape index (κ1) is 23.5. The van der Waals surface area contributed by atoms with Gasteiger partial charge in [-0.15, -0.1) is 11.3 Å². The molecule has 4 aromatic heterocycles. The molecular formula is C24H27N9O3S. The van der Waals surface area contributed by atoms with Crippen LogP contribution in [0.25, 0.3) is 21.7 Å². The zero-order valence-electron chi connectivity index (χ0n) is 20.8. The van der Waals surface area contributed by atoms with E-state index >= 15 is 0 Å². The van der Waals surface area contributed by atoms with Gasteiger partial charge in [0.1, 0.15) is 16.9 Å². The number of aromatic nitrogens is 7. The second-order valence-corrected chi connectivity index (χ2v) is 10.6. The number of piperidine rings is 1. The SMILES string of the molecule is CCCn1c(=O)c2c(ncn2[C@@H](C)C(=O)Nc2csc(-c3cnc(N4CC5CC5C4)nc3)n2)n(C)c1=O. The number of aryl methyl sites for hydroxylation is 1. The van der Waals surface area contributed by atoms with Crippen LogP contribution in [0.2, 0.25) is 0 Å². The van der Waals surface area contributed by atoms with Gasteiger partial charge in [-0.25, -0.2) is 24.7 Å². The van der Waals surface area contributed by atoms with E-state index < -0.39 is 17.3 Å². The standard InChI is InChI=1S/C24H27N9O3S/c1-4-5-32-22(35)18-19(30(3)24(32)36)27-12-33(18)13(2)20(34)28-17-11-37-21(29-17)16-7-25-23(26-8-16)31-9-14-6-15(14)10-31/h7-8,11-15H,4-6,9-10H2,1-3H3,(H,28,34)/t13-,14?,15?/m0/s1. The third-order valence-electron chi connectivity index (χ3n) is 7.20. The van der Waals surface area contributed by atoms with Crippen LogP contribution in [0.15, 0.2) is 33.7 Å². The van der Waals surface area contributed by atoms with E-state index in [-0.39, 0.29) is 17.1 Å². The van der Waals surface area contributed by atoms with Crippen LogP contribution < -0.4 is 21.5 Å². The highest BCUT2D eigenvalue weighted by Crippen LogP contribution is 2.45. The number of carbonyl (C=O) groups is 1. The lowest BCUT2D eigenvalue weighted by atomic mass is 10.3. The molecule has 1 aliphatic carbocycles. The van der Waals surface area contributed by atoms with Crippen LogP contribution in [0.1, 0.15) is 32.7 Å². The molecular weight excluding hydrogens is 494 g/mol. The number of carbonyl (C=O) groups excluding carboxylic acids is 1. The molecule has 1 N–H and O–H groups in total. The van der Waals surface area contributed by atoms with Crippen molar-refractivity contribution in [3.8, 4) is 10.6 Å². The van der Waals surface area contributed by atoms with Crippen molar-refractivity contribution in [2.24, 2.45) is 18.9 Å². The average molecular weight is 522 g/mol. The predicted molar refractivity (Wildman–Crippen MR) is 140 cm³/mol. The van der Waals surface area contributed by atoms with E-state index in [4.69, 9.17) is 0 Å². The lowest BCUT2D eigenvalue weighted by molar-refractivity contribution is -0.118. The van der Waals surface area contributed by atoms with E-state index in [9.17, 15) is 14.4 Å². The smallest absolute Gasteiger partial charge is 0.332 e. The minimum Gasteiger partial charge on any atom is -0.340 e. The van der Waals surface area contributed by atoms with E-state index in [0.717, 1.165) is 36.4 Å². The van der Waals surface area contributed by atoms with E-state index in [1.165, 1.54) is 37.8 Å². The summed E-state index contributed by atoms with van der Waals surface area (Å²) in [6.07, 6.45) is 6.91. The minimum atomic E-state index is -0.760.